The van der Waals surface area contributed by atoms with Crippen LogP contribution < -0.4 is 5.32 Å². The molecule has 3 aromatic heterocycles. The van der Waals surface area contributed by atoms with Crippen LogP contribution in [0.5, 0.6) is 0 Å². The highest BCUT2D eigenvalue weighted by Gasteiger charge is 2.07. The quantitative estimate of drug-likeness (QED) is 0.794. The SMILES string of the molecule is CCc1cc2c(NCc3cnn(C)c3)ncnc2s1. The number of aromatic nitrogens is 4. The van der Waals surface area contributed by atoms with Crippen LogP contribution in [0.2, 0.25) is 0 Å². The average molecular weight is 273 g/mol. The molecule has 0 saturated heterocycles. The van der Waals surface area contributed by atoms with Crippen LogP contribution in [0.1, 0.15) is 17.4 Å². The highest BCUT2D eigenvalue weighted by Crippen LogP contribution is 2.28. The number of aryl methyl sites for hydroxylation is 2. The van der Waals surface area contributed by atoms with E-state index in [2.05, 4.69) is 33.4 Å². The molecule has 0 unspecified atom stereocenters. The Labute approximate surface area is 115 Å². The lowest BCUT2D eigenvalue weighted by atomic mass is 10.3. The van der Waals surface area contributed by atoms with E-state index in [4.69, 9.17) is 0 Å². The maximum Gasteiger partial charge on any atom is 0.138 e. The van der Waals surface area contributed by atoms with E-state index in [0.717, 1.165) is 34.6 Å². The fourth-order valence-electron chi connectivity index (χ4n) is 1.97. The molecular weight excluding hydrogens is 258 g/mol. The van der Waals surface area contributed by atoms with E-state index in [1.165, 1.54) is 4.88 Å². The third-order valence-electron chi connectivity index (χ3n) is 2.95. The minimum absolute atomic E-state index is 0.720. The zero-order chi connectivity index (χ0) is 13.2. The second-order valence-corrected chi connectivity index (χ2v) is 5.50. The van der Waals surface area contributed by atoms with Gasteiger partial charge in [-0.15, -0.1) is 11.3 Å². The van der Waals surface area contributed by atoms with Crippen molar-refractivity contribution in [2.75, 3.05) is 5.32 Å². The molecule has 98 valence electrons. The van der Waals surface area contributed by atoms with Crippen LogP contribution in [-0.2, 0) is 20.0 Å². The summed E-state index contributed by atoms with van der Waals surface area (Å²) in [6.07, 6.45) is 6.50. The van der Waals surface area contributed by atoms with Gasteiger partial charge in [0.15, 0.2) is 0 Å². The molecule has 0 aliphatic carbocycles. The number of hydrogen-bond donors (Lipinski definition) is 1. The summed E-state index contributed by atoms with van der Waals surface area (Å²) in [6, 6.07) is 2.17. The Morgan fingerprint density at radius 2 is 2.26 bits per heavy atom. The minimum Gasteiger partial charge on any atom is -0.365 e. The molecule has 0 aliphatic heterocycles. The lowest BCUT2D eigenvalue weighted by Gasteiger charge is -2.04. The second kappa shape index (κ2) is 4.97. The van der Waals surface area contributed by atoms with Gasteiger partial charge in [0.25, 0.3) is 0 Å². The summed E-state index contributed by atoms with van der Waals surface area (Å²) in [5.41, 5.74) is 1.14. The molecule has 0 spiro atoms. The van der Waals surface area contributed by atoms with Gasteiger partial charge < -0.3 is 5.32 Å². The molecule has 0 aromatic carbocycles. The largest absolute Gasteiger partial charge is 0.365 e. The van der Waals surface area contributed by atoms with Crippen molar-refractivity contribution in [2.24, 2.45) is 7.05 Å². The Morgan fingerprint density at radius 3 is 3.00 bits per heavy atom. The molecule has 0 aliphatic rings. The molecule has 0 saturated carbocycles. The van der Waals surface area contributed by atoms with Gasteiger partial charge in [-0.3, -0.25) is 4.68 Å². The Hall–Kier alpha value is -1.95. The van der Waals surface area contributed by atoms with Crippen LogP contribution in [0.25, 0.3) is 10.2 Å². The number of anilines is 1. The molecule has 5 nitrogen and oxygen atoms in total. The standard InChI is InChI=1S/C13H15N5S/c1-3-10-4-11-12(15-8-16-13(11)19-10)14-5-9-6-17-18(2)7-9/h4,6-8H,3,5H2,1-2H3,(H,14,15,16). The Morgan fingerprint density at radius 1 is 1.37 bits per heavy atom. The third-order valence-corrected chi connectivity index (χ3v) is 4.13. The highest BCUT2D eigenvalue weighted by atomic mass is 32.1. The van der Waals surface area contributed by atoms with Crippen LogP contribution in [0.15, 0.2) is 24.8 Å². The van der Waals surface area contributed by atoms with E-state index >= 15 is 0 Å². The molecular formula is C13H15N5S. The number of hydrogen-bond acceptors (Lipinski definition) is 5. The zero-order valence-electron chi connectivity index (χ0n) is 10.9. The van der Waals surface area contributed by atoms with Gasteiger partial charge in [-0.05, 0) is 12.5 Å². The Kier molecular flexibility index (Phi) is 3.16. The molecule has 0 fully saturated rings. The van der Waals surface area contributed by atoms with Gasteiger partial charge in [-0.1, -0.05) is 6.92 Å². The predicted octanol–water partition coefficient (Wildman–Crippen LogP) is 2.60. The Bertz CT molecular complexity index is 700. The topological polar surface area (TPSA) is 55.6 Å². The van der Waals surface area contributed by atoms with Crippen LogP contribution in [0.4, 0.5) is 5.82 Å². The van der Waals surface area contributed by atoms with E-state index in [1.807, 2.05) is 19.4 Å². The first kappa shape index (κ1) is 12.1. The molecule has 6 heteroatoms. The van der Waals surface area contributed by atoms with Gasteiger partial charge in [0.1, 0.15) is 17.0 Å². The molecule has 19 heavy (non-hydrogen) atoms. The maximum atomic E-state index is 4.33. The van der Waals surface area contributed by atoms with Crippen molar-refractivity contribution >= 4 is 27.4 Å². The van der Waals surface area contributed by atoms with Gasteiger partial charge in [-0.2, -0.15) is 5.10 Å². The van der Waals surface area contributed by atoms with Crippen molar-refractivity contribution in [3.05, 3.63) is 35.2 Å². The lowest BCUT2D eigenvalue weighted by Crippen LogP contribution is -2.01. The van der Waals surface area contributed by atoms with Crippen LogP contribution in [0, 0.1) is 0 Å². The fourth-order valence-corrected chi connectivity index (χ4v) is 2.90. The first-order valence-electron chi connectivity index (χ1n) is 6.21. The van der Waals surface area contributed by atoms with E-state index in [1.54, 1.807) is 22.3 Å². The monoisotopic (exact) mass is 273 g/mol. The second-order valence-electron chi connectivity index (χ2n) is 4.38. The smallest absolute Gasteiger partial charge is 0.138 e. The van der Waals surface area contributed by atoms with Crippen molar-refractivity contribution in [1.82, 2.24) is 19.7 Å². The molecule has 0 bridgehead atoms. The molecule has 3 aromatic rings. The number of rotatable bonds is 4. The highest BCUT2D eigenvalue weighted by molar-refractivity contribution is 7.18. The van der Waals surface area contributed by atoms with Crippen LogP contribution >= 0.6 is 11.3 Å². The molecule has 0 radical (unpaired) electrons. The van der Waals surface area contributed by atoms with E-state index in [9.17, 15) is 0 Å². The molecule has 1 N–H and O–H groups in total. The van der Waals surface area contributed by atoms with Gasteiger partial charge in [0.2, 0.25) is 0 Å². The first-order chi connectivity index (χ1) is 9.26. The van der Waals surface area contributed by atoms with Crippen molar-refractivity contribution in [1.29, 1.82) is 0 Å². The Balaban J connectivity index is 1.85. The minimum atomic E-state index is 0.720. The normalized spacial score (nSPS) is 11.1. The van der Waals surface area contributed by atoms with Crippen molar-refractivity contribution in [3.63, 3.8) is 0 Å². The van der Waals surface area contributed by atoms with E-state index in [0.29, 0.717) is 0 Å². The van der Waals surface area contributed by atoms with E-state index in [-0.39, 0.29) is 0 Å². The maximum absolute atomic E-state index is 4.33. The third kappa shape index (κ3) is 2.44. The fraction of sp³-hybridized carbons (Fsp3) is 0.308. The summed E-state index contributed by atoms with van der Waals surface area (Å²) < 4.78 is 1.80. The zero-order valence-corrected chi connectivity index (χ0v) is 11.7. The average Bonchev–Trinajstić information content (AvgIpc) is 3.02. The number of nitrogens with one attached hydrogen (secondary N) is 1. The van der Waals surface area contributed by atoms with Crippen LogP contribution in [0.3, 0.4) is 0 Å². The summed E-state index contributed by atoms with van der Waals surface area (Å²) in [4.78, 5) is 11.0. The number of nitrogens with zero attached hydrogens (tertiary/aromatic N) is 4. The van der Waals surface area contributed by atoms with E-state index < -0.39 is 0 Å². The molecule has 3 heterocycles. The first-order valence-corrected chi connectivity index (χ1v) is 7.02. The van der Waals surface area contributed by atoms with Gasteiger partial charge in [0, 0.05) is 30.2 Å². The van der Waals surface area contributed by atoms with Gasteiger partial charge in [-0.25, -0.2) is 9.97 Å². The molecule has 3 rings (SSSR count). The summed E-state index contributed by atoms with van der Waals surface area (Å²) in [7, 11) is 1.92. The van der Waals surface area contributed by atoms with Gasteiger partial charge >= 0.3 is 0 Å². The van der Waals surface area contributed by atoms with Crippen molar-refractivity contribution in [3.8, 4) is 0 Å². The summed E-state index contributed by atoms with van der Waals surface area (Å²) in [5, 5.41) is 8.62. The predicted molar refractivity (Wildman–Crippen MR) is 77.3 cm³/mol. The molecule has 0 amide bonds. The van der Waals surface area contributed by atoms with Gasteiger partial charge in [0.05, 0.1) is 11.6 Å². The number of thiophene rings is 1. The summed E-state index contributed by atoms with van der Waals surface area (Å²) >= 11 is 1.73. The molecule has 0 atom stereocenters. The number of fused-ring (bicyclic) bond motifs is 1. The summed E-state index contributed by atoms with van der Waals surface area (Å²) in [6.45, 7) is 2.87. The van der Waals surface area contributed by atoms with Crippen molar-refractivity contribution in [2.45, 2.75) is 19.9 Å². The van der Waals surface area contributed by atoms with Crippen LogP contribution in [-0.4, -0.2) is 19.7 Å². The summed E-state index contributed by atoms with van der Waals surface area (Å²) in [5.74, 6) is 0.893. The lowest BCUT2D eigenvalue weighted by molar-refractivity contribution is 0.767. The van der Waals surface area contributed by atoms with Crippen molar-refractivity contribution < 1.29 is 0 Å².